The molecule has 0 N–H and O–H groups in total. The fourth-order valence-electron chi connectivity index (χ4n) is 4.04. The number of rotatable bonds is 4. The van der Waals surface area contributed by atoms with Crippen LogP contribution in [0.1, 0.15) is 36.0 Å². The highest BCUT2D eigenvalue weighted by atomic mass is 35.5. The van der Waals surface area contributed by atoms with Crippen LogP contribution in [0, 0.1) is 11.8 Å². The summed E-state index contributed by atoms with van der Waals surface area (Å²) in [5.74, 6) is 1.24. The van der Waals surface area contributed by atoms with Crippen LogP contribution in [-0.4, -0.2) is 54.4 Å². The zero-order valence-corrected chi connectivity index (χ0v) is 15.2. The summed E-state index contributed by atoms with van der Waals surface area (Å²) in [7, 11) is 1.55. The lowest BCUT2D eigenvalue weighted by molar-refractivity contribution is -0.140. The summed E-state index contributed by atoms with van der Waals surface area (Å²) in [6, 6.07) is 5.22. The van der Waals surface area contributed by atoms with Gasteiger partial charge in [-0.3, -0.25) is 9.59 Å². The first-order chi connectivity index (χ1) is 12.1. The lowest BCUT2D eigenvalue weighted by atomic mass is 9.94. The fourth-order valence-corrected chi connectivity index (χ4v) is 4.21. The number of fused-ring (bicyclic) bond motifs is 4. The smallest absolute Gasteiger partial charge is 0.257 e. The van der Waals surface area contributed by atoms with Gasteiger partial charge in [0.25, 0.3) is 5.91 Å². The molecular weight excluding hydrogens is 340 g/mol. The van der Waals surface area contributed by atoms with E-state index in [1.54, 1.807) is 25.3 Å². The van der Waals surface area contributed by atoms with Gasteiger partial charge >= 0.3 is 0 Å². The van der Waals surface area contributed by atoms with E-state index in [4.69, 9.17) is 16.3 Å². The second-order valence-electron chi connectivity index (χ2n) is 7.42. The average molecular weight is 363 g/mol. The van der Waals surface area contributed by atoms with E-state index in [9.17, 15) is 9.59 Å². The molecule has 2 amide bonds. The van der Waals surface area contributed by atoms with Gasteiger partial charge in [-0.25, -0.2) is 0 Å². The van der Waals surface area contributed by atoms with Crippen molar-refractivity contribution in [3.05, 3.63) is 28.8 Å². The van der Waals surface area contributed by atoms with E-state index in [0.717, 1.165) is 19.4 Å². The van der Waals surface area contributed by atoms with Crippen LogP contribution in [0.5, 0.6) is 5.75 Å². The second-order valence-corrected chi connectivity index (χ2v) is 7.85. The van der Waals surface area contributed by atoms with Crippen molar-refractivity contribution in [2.24, 2.45) is 11.8 Å². The van der Waals surface area contributed by atoms with E-state index in [1.165, 1.54) is 12.8 Å². The lowest BCUT2D eigenvalue weighted by Gasteiger charge is -2.36. The topological polar surface area (TPSA) is 49.9 Å². The standard InChI is InChI=1S/C19H23ClN2O3/c1-25-17-7-5-14(20)8-16(17)19(24)21-10-13-4-6-15(11-21)22(18(13)23)9-12-2-3-12/h5,7-8,12-13,15H,2-4,6,9-11H2,1H3/t13-,15+/m0/s1. The summed E-state index contributed by atoms with van der Waals surface area (Å²) in [5, 5.41) is 0.508. The highest BCUT2D eigenvalue weighted by molar-refractivity contribution is 6.31. The Balaban J connectivity index is 1.58. The summed E-state index contributed by atoms with van der Waals surface area (Å²) in [4.78, 5) is 29.8. The van der Waals surface area contributed by atoms with E-state index in [0.29, 0.717) is 35.3 Å². The third-order valence-electron chi connectivity index (χ3n) is 5.62. The maximum absolute atomic E-state index is 13.1. The number of halogens is 1. The van der Waals surface area contributed by atoms with Crippen LogP contribution in [0.15, 0.2) is 18.2 Å². The van der Waals surface area contributed by atoms with Gasteiger partial charge in [-0.15, -0.1) is 0 Å². The molecule has 5 rings (SSSR count). The largest absolute Gasteiger partial charge is 0.496 e. The van der Waals surface area contributed by atoms with E-state index in [-0.39, 0.29) is 23.8 Å². The van der Waals surface area contributed by atoms with Gasteiger partial charge in [0.2, 0.25) is 5.91 Å². The van der Waals surface area contributed by atoms with Crippen LogP contribution in [-0.2, 0) is 4.79 Å². The van der Waals surface area contributed by atoms with Crippen molar-refractivity contribution in [1.29, 1.82) is 0 Å². The molecule has 4 aliphatic rings. The number of hydrogen-bond donors (Lipinski definition) is 0. The van der Waals surface area contributed by atoms with Gasteiger partial charge in [0.1, 0.15) is 5.75 Å². The SMILES string of the molecule is COc1ccc(Cl)cc1C(=O)N1C[C@@H]2CC[C@H](C1)N(CC1CC1)C2=O. The highest BCUT2D eigenvalue weighted by Crippen LogP contribution is 2.36. The van der Waals surface area contributed by atoms with Gasteiger partial charge in [-0.05, 0) is 49.8 Å². The number of amides is 2. The number of nitrogens with zero attached hydrogens (tertiary/aromatic N) is 2. The quantitative estimate of drug-likeness (QED) is 0.827. The molecule has 134 valence electrons. The van der Waals surface area contributed by atoms with E-state index in [2.05, 4.69) is 0 Å². The molecule has 0 aromatic heterocycles. The number of ether oxygens (including phenoxy) is 1. The Morgan fingerprint density at radius 2 is 2.04 bits per heavy atom. The number of piperidine rings is 1. The van der Waals surface area contributed by atoms with Crippen molar-refractivity contribution in [3.8, 4) is 5.75 Å². The van der Waals surface area contributed by atoms with Crippen LogP contribution in [0.25, 0.3) is 0 Å². The molecule has 3 saturated heterocycles. The Morgan fingerprint density at radius 1 is 1.24 bits per heavy atom. The molecule has 5 nitrogen and oxygen atoms in total. The molecule has 4 fully saturated rings. The Bertz CT molecular complexity index is 704. The molecule has 3 heterocycles. The minimum absolute atomic E-state index is 0.0772. The molecule has 0 spiro atoms. The lowest BCUT2D eigenvalue weighted by Crippen LogP contribution is -2.48. The van der Waals surface area contributed by atoms with Crippen molar-refractivity contribution in [2.75, 3.05) is 26.7 Å². The van der Waals surface area contributed by atoms with E-state index in [1.807, 2.05) is 9.80 Å². The number of methoxy groups -OCH3 is 1. The van der Waals surface area contributed by atoms with Gasteiger partial charge in [-0.2, -0.15) is 0 Å². The van der Waals surface area contributed by atoms with Crippen LogP contribution in [0.2, 0.25) is 5.02 Å². The Labute approximate surface area is 152 Å². The number of carbonyl (C=O) groups excluding carboxylic acids is 2. The maximum Gasteiger partial charge on any atom is 0.257 e. The van der Waals surface area contributed by atoms with Crippen LogP contribution in [0.4, 0.5) is 0 Å². The summed E-state index contributed by atoms with van der Waals surface area (Å²) in [6.07, 6.45) is 4.31. The Hall–Kier alpha value is -1.75. The molecule has 1 aromatic carbocycles. The number of hydrogen-bond acceptors (Lipinski definition) is 3. The molecule has 1 aromatic rings. The first kappa shape index (κ1) is 16.7. The summed E-state index contributed by atoms with van der Waals surface area (Å²) in [5.41, 5.74) is 0.470. The zero-order chi connectivity index (χ0) is 17.6. The van der Waals surface area contributed by atoms with Gasteiger partial charge in [-0.1, -0.05) is 11.6 Å². The first-order valence-corrected chi connectivity index (χ1v) is 9.38. The summed E-state index contributed by atoms with van der Waals surface area (Å²) >= 11 is 6.08. The first-order valence-electron chi connectivity index (χ1n) is 9.00. The molecule has 1 saturated carbocycles. The Kier molecular flexibility index (Phi) is 4.36. The van der Waals surface area contributed by atoms with Gasteiger partial charge in [0, 0.05) is 30.7 Å². The number of carbonyl (C=O) groups is 2. The molecule has 0 unspecified atom stereocenters. The van der Waals surface area contributed by atoms with E-state index < -0.39 is 0 Å². The van der Waals surface area contributed by atoms with Gasteiger partial charge < -0.3 is 14.5 Å². The average Bonchev–Trinajstić information content (AvgIpc) is 3.44. The van der Waals surface area contributed by atoms with Crippen molar-refractivity contribution in [3.63, 3.8) is 0 Å². The van der Waals surface area contributed by atoms with E-state index >= 15 is 0 Å². The van der Waals surface area contributed by atoms with Crippen molar-refractivity contribution in [1.82, 2.24) is 9.80 Å². The predicted molar refractivity (Wildman–Crippen MR) is 94.9 cm³/mol. The minimum Gasteiger partial charge on any atom is -0.496 e. The van der Waals surface area contributed by atoms with Crippen molar-refractivity contribution in [2.45, 2.75) is 31.7 Å². The van der Waals surface area contributed by atoms with Crippen LogP contribution in [0.3, 0.4) is 0 Å². The molecule has 1 aliphatic carbocycles. The zero-order valence-electron chi connectivity index (χ0n) is 14.4. The number of benzene rings is 1. The highest BCUT2D eigenvalue weighted by Gasteiger charge is 2.43. The molecule has 2 bridgehead atoms. The molecule has 2 atom stereocenters. The van der Waals surface area contributed by atoms with Crippen LogP contribution < -0.4 is 4.74 Å². The monoisotopic (exact) mass is 362 g/mol. The van der Waals surface area contributed by atoms with Gasteiger partial charge in [0.15, 0.2) is 0 Å². The molecule has 6 heteroatoms. The predicted octanol–water partition coefficient (Wildman–Crippen LogP) is 2.82. The molecule has 25 heavy (non-hydrogen) atoms. The normalized spacial score (nSPS) is 25.9. The fraction of sp³-hybridized carbons (Fsp3) is 0.579. The summed E-state index contributed by atoms with van der Waals surface area (Å²) in [6.45, 7) is 1.96. The molecule has 3 aliphatic heterocycles. The molecule has 0 radical (unpaired) electrons. The third-order valence-corrected chi connectivity index (χ3v) is 5.86. The Morgan fingerprint density at radius 3 is 2.76 bits per heavy atom. The maximum atomic E-state index is 13.1. The van der Waals surface area contributed by atoms with Crippen molar-refractivity contribution >= 4 is 23.4 Å². The minimum atomic E-state index is -0.0997. The summed E-state index contributed by atoms with van der Waals surface area (Å²) < 4.78 is 5.33. The second kappa shape index (κ2) is 6.52. The van der Waals surface area contributed by atoms with Crippen molar-refractivity contribution < 1.29 is 14.3 Å². The third kappa shape index (κ3) is 3.22. The van der Waals surface area contributed by atoms with Gasteiger partial charge in [0.05, 0.1) is 18.6 Å². The molecular formula is C19H23ClN2O3. The van der Waals surface area contributed by atoms with Crippen LogP contribution >= 0.6 is 11.6 Å².